The van der Waals surface area contributed by atoms with Crippen molar-refractivity contribution in [2.75, 3.05) is 0 Å². The minimum atomic E-state index is -0.995. The van der Waals surface area contributed by atoms with E-state index in [4.69, 9.17) is 4.74 Å². The Hall–Kier alpha value is -1.64. The number of hydrogen-bond donors (Lipinski definition) is 0. The SMILES string of the molecule is CC(=O)[C@@]1(C)Cc2ccccc2C(=O)O1. The smallest absolute Gasteiger partial charge is 0.339 e. The fraction of sp³-hybridized carbons (Fsp3) is 0.333. The Kier molecular flexibility index (Phi) is 2.11. The van der Waals surface area contributed by atoms with Crippen molar-refractivity contribution in [2.24, 2.45) is 0 Å². The zero-order chi connectivity index (χ0) is 11.1. The molecule has 0 saturated carbocycles. The largest absolute Gasteiger partial charge is 0.447 e. The quantitative estimate of drug-likeness (QED) is 0.654. The first-order valence-electron chi connectivity index (χ1n) is 4.85. The molecule has 1 aliphatic rings. The predicted molar refractivity (Wildman–Crippen MR) is 54.6 cm³/mol. The van der Waals surface area contributed by atoms with Gasteiger partial charge in [0.05, 0.1) is 5.56 Å². The summed E-state index contributed by atoms with van der Waals surface area (Å²) in [6, 6.07) is 7.23. The van der Waals surface area contributed by atoms with Gasteiger partial charge in [0.1, 0.15) is 0 Å². The maximum absolute atomic E-state index is 11.6. The van der Waals surface area contributed by atoms with E-state index in [1.54, 1.807) is 19.1 Å². The zero-order valence-electron chi connectivity index (χ0n) is 8.74. The highest BCUT2D eigenvalue weighted by molar-refractivity contribution is 5.97. The highest BCUT2D eigenvalue weighted by atomic mass is 16.6. The van der Waals surface area contributed by atoms with Crippen molar-refractivity contribution in [3.05, 3.63) is 35.4 Å². The topological polar surface area (TPSA) is 43.4 Å². The molecule has 1 aliphatic heterocycles. The summed E-state index contributed by atoms with van der Waals surface area (Å²) in [5.41, 5.74) is 0.452. The molecule has 0 radical (unpaired) electrons. The first-order chi connectivity index (χ1) is 7.03. The van der Waals surface area contributed by atoms with Crippen molar-refractivity contribution < 1.29 is 14.3 Å². The van der Waals surface area contributed by atoms with Crippen LogP contribution in [-0.2, 0) is 16.0 Å². The molecule has 3 heteroatoms. The van der Waals surface area contributed by atoms with Gasteiger partial charge in [-0.15, -0.1) is 0 Å². The number of Topliss-reactive ketones (excluding diaryl/α,β-unsaturated/α-hetero) is 1. The molecule has 78 valence electrons. The Bertz CT molecular complexity index is 436. The van der Waals surface area contributed by atoms with E-state index in [0.29, 0.717) is 12.0 Å². The molecule has 1 aromatic carbocycles. The number of benzene rings is 1. The number of ketones is 1. The Morgan fingerprint density at radius 3 is 2.73 bits per heavy atom. The standard InChI is InChI=1S/C12H12O3/c1-8(13)12(2)7-9-5-3-4-6-10(9)11(14)15-12/h3-6H,7H2,1-2H3/t12-/m1/s1. The average molecular weight is 204 g/mol. The van der Waals surface area contributed by atoms with Gasteiger partial charge in [0.2, 0.25) is 0 Å². The number of carbonyl (C=O) groups is 2. The third kappa shape index (κ3) is 1.54. The lowest BCUT2D eigenvalue weighted by Crippen LogP contribution is -2.44. The second-order valence-corrected chi connectivity index (χ2v) is 4.01. The lowest BCUT2D eigenvalue weighted by molar-refractivity contribution is -0.135. The van der Waals surface area contributed by atoms with Gasteiger partial charge in [-0.3, -0.25) is 4.79 Å². The Morgan fingerprint density at radius 2 is 2.07 bits per heavy atom. The first-order valence-corrected chi connectivity index (χ1v) is 4.85. The number of carbonyl (C=O) groups excluding carboxylic acids is 2. The summed E-state index contributed by atoms with van der Waals surface area (Å²) in [5, 5.41) is 0. The van der Waals surface area contributed by atoms with Gasteiger partial charge in [-0.1, -0.05) is 18.2 Å². The number of hydrogen-bond acceptors (Lipinski definition) is 3. The number of cyclic esters (lactones) is 1. The molecule has 1 aromatic rings. The molecule has 0 bridgehead atoms. The summed E-state index contributed by atoms with van der Waals surface area (Å²) < 4.78 is 5.17. The van der Waals surface area contributed by atoms with Gasteiger partial charge in [0, 0.05) is 6.42 Å². The average Bonchev–Trinajstić information content (AvgIpc) is 2.17. The molecule has 0 amide bonds. The molecule has 0 fully saturated rings. The lowest BCUT2D eigenvalue weighted by Gasteiger charge is -2.32. The molecule has 0 aliphatic carbocycles. The molecule has 2 rings (SSSR count). The fourth-order valence-electron chi connectivity index (χ4n) is 1.73. The van der Waals surface area contributed by atoms with Gasteiger partial charge in [0.15, 0.2) is 11.4 Å². The van der Waals surface area contributed by atoms with Crippen molar-refractivity contribution in [1.82, 2.24) is 0 Å². The number of fused-ring (bicyclic) bond motifs is 1. The molecule has 0 N–H and O–H groups in total. The van der Waals surface area contributed by atoms with E-state index < -0.39 is 11.6 Å². The second-order valence-electron chi connectivity index (χ2n) is 4.01. The van der Waals surface area contributed by atoms with Crippen LogP contribution in [0.25, 0.3) is 0 Å². The van der Waals surface area contributed by atoms with E-state index in [2.05, 4.69) is 0 Å². The van der Waals surface area contributed by atoms with Crippen LogP contribution in [0.4, 0.5) is 0 Å². The minimum Gasteiger partial charge on any atom is -0.447 e. The van der Waals surface area contributed by atoms with Crippen LogP contribution in [0.1, 0.15) is 29.8 Å². The third-order valence-electron chi connectivity index (χ3n) is 2.83. The molecule has 0 spiro atoms. The molecule has 1 atom stereocenters. The minimum absolute atomic E-state index is 0.120. The summed E-state index contributed by atoms with van der Waals surface area (Å²) in [4.78, 5) is 23.0. The molecule has 0 saturated heterocycles. The van der Waals surface area contributed by atoms with E-state index >= 15 is 0 Å². The van der Waals surface area contributed by atoms with Crippen LogP contribution in [0.2, 0.25) is 0 Å². The second kappa shape index (κ2) is 3.19. The molecular formula is C12H12O3. The van der Waals surface area contributed by atoms with Gasteiger partial charge >= 0.3 is 5.97 Å². The van der Waals surface area contributed by atoms with Gasteiger partial charge < -0.3 is 4.74 Å². The highest BCUT2D eigenvalue weighted by Crippen LogP contribution is 2.28. The van der Waals surface area contributed by atoms with Crippen LogP contribution in [0, 0.1) is 0 Å². The van der Waals surface area contributed by atoms with Crippen molar-refractivity contribution in [1.29, 1.82) is 0 Å². The maximum atomic E-state index is 11.6. The van der Waals surface area contributed by atoms with Crippen LogP contribution < -0.4 is 0 Å². The van der Waals surface area contributed by atoms with Crippen molar-refractivity contribution in [2.45, 2.75) is 25.9 Å². The van der Waals surface area contributed by atoms with Crippen LogP contribution in [-0.4, -0.2) is 17.4 Å². The molecule has 0 aromatic heterocycles. The van der Waals surface area contributed by atoms with Gasteiger partial charge in [-0.25, -0.2) is 4.79 Å². The van der Waals surface area contributed by atoms with E-state index in [0.717, 1.165) is 5.56 Å². The molecule has 1 heterocycles. The maximum Gasteiger partial charge on any atom is 0.339 e. The third-order valence-corrected chi connectivity index (χ3v) is 2.83. The van der Waals surface area contributed by atoms with Gasteiger partial charge in [-0.05, 0) is 25.5 Å². The molecular weight excluding hydrogens is 192 g/mol. The molecule has 3 nitrogen and oxygen atoms in total. The molecule has 15 heavy (non-hydrogen) atoms. The van der Waals surface area contributed by atoms with Crippen LogP contribution in [0.15, 0.2) is 24.3 Å². The van der Waals surface area contributed by atoms with Crippen LogP contribution >= 0.6 is 0 Å². The van der Waals surface area contributed by atoms with Crippen LogP contribution in [0.5, 0.6) is 0 Å². The van der Waals surface area contributed by atoms with E-state index in [1.165, 1.54) is 6.92 Å². The highest BCUT2D eigenvalue weighted by Gasteiger charge is 2.39. The van der Waals surface area contributed by atoms with E-state index in [9.17, 15) is 9.59 Å². The van der Waals surface area contributed by atoms with E-state index in [1.807, 2.05) is 12.1 Å². The molecule has 0 unspecified atom stereocenters. The monoisotopic (exact) mass is 204 g/mol. The van der Waals surface area contributed by atoms with Gasteiger partial charge in [0.25, 0.3) is 0 Å². The summed E-state index contributed by atoms with van der Waals surface area (Å²) >= 11 is 0. The fourth-order valence-corrected chi connectivity index (χ4v) is 1.73. The van der Waals surface area contributed by atoms with Crippen molar-refractivity contribution in [3.8, 4) is 0 Å². The van der Waals surface area contributed by atoms with E-state index in [-0.39, 0.29) is 5.78 Å². The number of rotatable bonds is 1. The Balaban J connectivity index is 2.47. The summed E-state index contributed by atoms with van der Waals surface area (Å²) in [6.45, 7) is 3.10. The summed E-state index contributed by atoms with van der Waals surface area (Å²) in [7, 11) is 0. The number of ether oxygens (including phenoxy) is 1. The zero-order valence-corrected chi connectivity index (χ0v) is 8.74. The van der Waals surface area contributed by atoms with Crippen molar-refractivity contribution >= 4 is 11.8 Å². The van der Waals surface area contributed by atoms with Crippen LogP contribution in [0.3, 0.4) is 0 Å². The van der Waals surface area contributed by atoms with Gasteiger partial charge in [-0.2, -0.15) is 0 Å². The first kappa shape index (κ1) is 9.90. The summed E-state index contributed by atoms with van der Waals surface area (Å²) in [6.07, 6.45) is 0.463. The summed E-state index contributed by atoms with van der Waals surface area (Å²) in [5.74, 6) is -0.528. The Labute approximate surface area is 88.1 Å². The lowest BCUT2D eigenvalue weighted by atomic mass is 9.87. The van der Waals surface area contributed by atoms with Crippen molar-refractivity contribution in [3.63, 3.8) is 0 Å². The normalized spacial score (nSPS) is 24.3. The Morgan fingerprint density at radius 1 is 1.40 bits per heavy atom. The number of esters is 1. The predicted octanol–water partition coefficient (Wildman–Crippen LogP) is 1.75.